The summed E-state index contributed by atoms with van der Waals surface area (Å²) in [6, 6.07) is 5.19. The lowest BCUT2D eigenvalue weighted by atomic mass is 9.89. The molecule has 0 saturated heterocycles. The number of anilines is 1. The van der Waals surface area contributed by atoms with E-state index in [9.17, 15) is 9.59 Å². The number of nitrogens with one attached hydrogen (secondary N) is 1. The molecule has 1 amide bonds. The molecular formula is C15H19NO3. The van der Waals surface area contributed by atoms with Crippen LogP contribution in [0.2, 0.25) is 0 Å². The van der Waals surface area contributed by atoms with E-state index in [1.54, 1.807) is 25.1 Å². The first-order chi connectivity index (χ1) is 8.90. The third-order valence-corrected chi connectivity index (χ3v) is 3.61. The number of rotatable bonds is 3. The second kappa shape index (κ2) is 5.03. The van der Waals surface area contributed by atoms with E-state index in [-0.39, 0.29) is 23.5 Å². The van der Waals surface area contributed by atoms with Crippen LogP contribution >= 0.6 is 0 Å². The standard InChI is InChI=1S/C15H19NO3/c1-8(2)9(3)14(17)11-5-6-13-12(7-11)16-15(18)10(4)19-13/h5-10H,1-4H3,(H,16,18). The molecule has 4 heteroatoms. The van der Waals surface area contributed by atoms with Gasteiger partial charge in [0.25, 0.3) is 5.91 Å². The monoisotopic (exact) mass is 261 g/mol. The number of ether oxygens (including phenoxy) is 1. The Morgan fingerprint density at radius 3 is 2.63 bits per heavy atom. The molecule has 2 rings (SSSR count). The predicted octanol–water partition coefficient (Wildman–Crippen LogP) is 2.88. The Morgan fingerprint density at radius 2 is 2.00 bits per heavy atom. The maximum Gasteiger partial charge on any atom is 0.265 e. The number of hydrogen-bond acceptors (Lipinski definition) is 3. The van der Waals surface area contributed by atoms with Crippen molar-refractivity contribution < 1.29 is 14.3 Å². The fraction of sp³-hybridized carbons (Fsp3) is 0.467. The zero-order valence-corrected chi connectivity index (χ0v) is 11.7. The van der Waals surface area contributed by atoms with Gasteiger partial charge < -0.3 is 10.1 Å². The lowest BCUT2D eigenvalue weighted by Crippen LogP contribution is -2.34. The summed E-state index contributed by atoms with van der Waals surface area (Å²) in [5.74, 6) is 0.757. The van der Waals surface area contributed by atoms with Crippen LogP contribution in [0.5, 0.6) is 5.75 Å². The van der Waals surface area contributed by atoms with E-state index in [1.165, 1.54) is 0 Å². The number of hydrogen-bond donors (Lipinski definition) is 1. The molecule has 0 aromatic heterocycles. The van der Waals surface area contributed by atoms with Crippen molar-refractivity contribution in [3.63, 3.8) is 0 Å². The van der Waals surface area contributed by atoms with E-state index in [4.69, 9.17) is 4.74 Å². The third kappa shape index (κ3) is 2.62. The van der Waals surface area contributed by atoms with Crippen molar-refractivity contribution in [2.75, 3.05) is 5.32 Å². The van der Waals surface area contributed by atoms with Crippen molar-refractivity contribution in [1.82, 2.24) is 0 Å². The molecule has 19 heavy (non-hydrogen) atoms. The van der Waals surface area contributed by atoms with E-state index in [0.29, 0.717) is 17.0 Å². The number of ketones is 1. The summed E-state index contributed by atoms with van der Waals surface area (Å²) >= 11 is 0. The minimum atomic E-state index is -0.497. The smallest absolute Gasteiger partial charge is 0.265 e. The Bertz CT molecular complexity index is 522. The normalized spacial score (nSPS) is 19.4. The highest BCUT2D eigenvalue weighted by molar-refractivity contribution is 6.02. The van der Waals surface area contributed by atoms with Crippen molar-refractivity contribution in [3.05, 3.63) is 23.8 Å². The van der Waals surface area contributed by atoms with E-state index >= 15 is 0 Å². The van der Waals surface area contributed by atoms with Gasteiger partial charge in [-0.2, -0.15) is 0 Å². The van der Waals surface area contributed by atoms with Crippen LogP contribution < -0.4 is 10.1 Å². The molecule has 1 N–H and O–H groups in total. The summed E-state index contributed by atoms with van der Waals surface area (Å²) in [7, 11) is 0. The second-order valence-electron chi connectivity index (χ2n) is 5.36. The second-order valence-corrected chi connectivity index (χ2v) is 5.36. The molecule has 1 aromatic rings. The molecular weight excluding hydrogens is 242 g/mol. The van der Waals surface area contributed by atoms with Crippen molar-refractivity contribution in [3.8, 4) is 5.75 Å². The van der Waals surface area contributed by atoms with Crippen LogP contribution in [0.3, 0.4) is 0 Å². The summed E-state index contributed by atoms with van der Waals surface area (Å²) in [5.41, 5.74) is 1.18. The zero-order valence-electron chi connectivity index (χ0n) is 11.7. The average molecular weight is 261 g/mol. The van der Waals surface area contributed by atoms with Crippen LogP contribution in [-0.2, 0) is 4.79 Å². The van der Waals surface area contributed by atoms with Crippen LogP contribution in [0, 0.1) is 11.8 Å². The number of benzene rings is 1. The largest absolute Gasteiger partial charge is 0.479 e. The Morgan fingerprint density at radius 1 is 1.32 bits per heavy atom. The molecule has 1 aromatic carbocycles. The van der Waals surface area contributed by atoms with Gasteiger partial charge in [-0.25, -0.2) is 0 Å². The van der Waals surface area contributed by atoms with Gasteiger partial charge in [0.05, 0.1) is 5.69 Å². The Balaban J connectivity index is 2.29. The summed E-state index contributed by atoms with van der Waals surface area (Å²) in [6.45, 7) is 7.66. The first kappa shape index (κ1) is 13.6. The van der Waals surface area contributed by atoms with Gasteiger partial charge in [0, 0.05) is 11.5 Å². The minimum absolute atomic E-state index is 0.0443. The predicted molar refractivity (Wildman–Crippen MR) is 73.5 cm³/mol. The molecule has 4 nitrogen and oxygen atoms in total. The van der Waals surface area contributed by atoms with Gasteiger partial charge in [0.15, 0.2) is 11.9 Å². The molecule has 0 radical (unpaired) electrons. The highest BCUT2D eigenvalue weighted by Crippen LogP contribution is 2.31. The van der Waals surface area contributed by atoms with Crippen LogP contribution in [-0.4, -0.2) is 17.8 Å². The molecule has 1 heterocycles. The SMILES string of the molecule is CC1Oc2ccc(C(=O)C(C)C(C)C)cc2NC1=O. The van der Waals surface area contributed by atoms with E-state index < -0.39 is 6.10 Å². The molecule has 0 saturated carbocycles. The molecule has 0 bridgehead atoms. The molecule has 102 valence electrons. The first-order valence-corrected chi connectivity index (χ1v) is 6.56. The minimum Gasteiger partial charge on any atom is -0.479 e. The fourth-order valence-electron chi connectivity index (χ4n) is 1.93. The van der Waals surface area contributed by atoms with Crippen LogP contribution in [0.15, 0.2) is 18.2 Å². The topological polar surface area (TPSA) is 55.4 Å². The van der Waals surface area contributed by atoms with Gasteiger partial charge in [-0.05, 0) is 31.0 Å². The number of carbonyl (C=O) groups excluding carboxylic acids is 2. The molecule has 2 atom stereocenters. The van der Waals surface area contributed by atoms with Gasteiger partial charge in [0.1, 0.15) is 5.75 Å². The van der Waals surface area contributed by atoms with Gasteiger partial charge in [-0.1, -0.05) is 20.8 Å². The van der Waals surface area contributed by atoms with Crippen LogP contribution in [0.1, 0.15) is 38.1 Å². The summed E-state index contributed by atoms with van der Waals surface area (Å²) in [6.07, 6.45) is -0.497. The average Bonchev–Trinajstić information content (AvgIpc) is 2.37. The summed E-state index contributed by atoms with van der Waals surface area (Å²) in [5, 5.41) is 2.76. The van der Waals surface area contributed by atoms with Crippen LogP contribution in [0.4, 0.5) is 5.69 Å². The van der Waals surface area contributed by atoms with Gasteiger partial charge in [0.2, 0.25) is 0 Å². The number of amides is 1. The van der Waals surface area contributed by atoms with Crippen LogP contribution in [0.25, 0.3) is 0 Å². The van der Waals surface area contributed by atoms with Crippen molar-refractivity contribution >= 4 is 17.4 Å². The van der Waals surface area contributed by atoms with Gasteiger partial charge in [-0.3, -0.25) is 9.59 Å². The number of Topliss-reactive ketones (excluding diaryl/α,β-unsaturated/α-hetero) is 1. The first-order valence-electron chi connectivity index (χ1n) is 6.56. The summed E-state index contributed by atoms with van der Waals surface area (Å²) in [4.78, 5) is 23.8. The maximum atomic E-state index is 12.3. The van der Waals surface area contributed by atoms with E-state index in [0.717, 1.165) is 0 Å². The van der Waals surface area contributed by atoms with Gasteiger partial charge in [-0.15, -0.1) is 0 Å². The maximum absolute atomic E-state index is 12.3. The van der Waals surface area contributed by atoms with Gasteiger partial charge >= 0.3 is 0 Å². The molecule has 2 unspecified atom stereocenters. The number of fused-ring (bicyclic) bond motifs is 1. The lowest BCUT2D eigenvalue weighted by molar-refractivity contribution is -0.122. The molecule has 0 fully saturated rings. The fourth-order valence-corrected chi connectivity index (χ4v) is 1.93. The Hall–Kier alpha value is -1.84. The summed E-state index contributed by atoms with van der Waals surface area (Å²) < 4.78 is 5.46. The Labute approximate surface area is 113 Å². The molecule has 0 spiro atoms. The van der Waals surface area contributed by atoms with Crippen molar-refractivity contribution in [2.24, 2.45) is 11.8 Å². The third-order valence-electron chi connectivity index (χ3n) is 3.61. The lowest BCUT2D eigenvalue weighted by Gasteiger charge is -2.24. The highest BCUT2D eigenvalue weighted by atomic mass is 16.5. The Kier molecular flexibility index (Phi) is 3.60. The van der Waals surface area contributed by atoms with Crippen molar-refractivity contribution in [2.45, 2.75) is 33.8 Å². The van der Waals surface area contributed by atoms with E-state index in [1.807, 2.05) is 20.8 Å². The van der Waals surface area contributed by atoms with Crippen molar-refractivity contribution in [1.29, 1.82) is 0 Å². The highest BCUT2D eigenvalue weighted by Gasteiger charge is 2.25. The molecule has 1 aliphatic heterocycles. The molecule has 0 aliphatic carbocycles. The van der Waals surface area contributed by atoms with E-state index in [2.05, 4.69) is 5.32 Å². The number of carbonyl (C=O) groups is 2. The zero-order chi connectivity index (χ0) is 14.2. The molecule has 1 aliphatic rings. The quantitative estimate of drug-likeness (QED) is 0.851.